The van der Waals surface area contributed by atoms with Crippen LogP contribution >= 0.6 is 15.9 Å². The van der Waals surface area contributed by atoms with Crippen molar-refractivity contribution >= 4 is 39.3 Å². The average Bonchev–Trinajstić information content (AvgIpc) is 3.13. The largest absolute Gasteiger partial charge is 0.323 e. The zero-order valence-electron chi connectivity index (χ0n) is 20.0. The number of nitrogens with zero attached hydrogens (tertiary/aromatic N) is 2. The summed E-state index contributed by atoms with van der Waals surface area (Å²) in [5.41, 5.74) is 1.17. The molecule has 0 N–H and O–H groups in total. The quantitative estimate of drug-likeness (QED) is 0.449. The van der Waals surface area contributed by atoms with Crippen LogP contribution in [-0.4, -0.2) is 28.7 Å². The molecule has 1 aliphatic heterocycles. The summed E-state index contributed by atoms with van der Waals surface area (Å²) in [7, 11) is 0. The monoisotopic (exact) mass is 534 g/mol. The van der Waals surface area contributed by atoms with Crippen molar-refractivity contribution in [1.29, 1.82) is 0 Å². The minimum Gasteiger partial charge on any atom is -0.323 e. The van der Waals surface area contributed by atoms with Gasteiger partial charge in [-0.3, -0.25) is 14.4 Å². The second-order valence-electron chi connectivity index (χ2n) is 11.3. The molecule has 35 heavy (non-hydrogen) atoms. The number of halogens is 1. The van der Waals surface area contributed by atoms with E-state index in [0.717, 1.165) is 29.3 Å². The molecule has 5 aliphatic rings. The van der Waals surface area contributed by atoms with Crippen LogP contribution in [0.25, 0.3) is 0 Å². The summed E-state index contributed by atoms with van der Waals surface area (Å²) < 4.78 is 0.883. The van der Waals surface area contributed by atoms with Gasteiger partial charge in [-0.25, -0.2) is 4.90 Å². The molecule has 0 radical (unpaired) electrons. The van der Waals surface area contributed by atoms with Crippen LogP contribution in [0.5, 0.6) is 0 Å². The zero-order valence-corrected chi connectivity index (χ0v) is 21.6. The van der Waals surface area contributed by atoms with Gasteiger partial charge in [0.05, 0.1) is 23.6 Å². The second-order valence-corrected chi connectivity index (χ2v) is 12.2. The normalized spacial score (nSPS) is 32.2. The molecule has 2 aromatic rings. The van der Waals surface area contributed by atoms with Gasteiger partial charge >= 0.3 is 0 Å². The van der Waals surface area contributed by atoms with Gasteiger partial charge in [0.1, 0.15) is 6.04 Å². The molecule has 6 heteroatoms. The number of amides is 3. The van der Waals surface area contributed by atoms with E-state index >= 15 is 0 Å². The van der Waals surface area contributed by atoms with E-state index in [1.807, 2.05) is 54.3 Å². The van der Waals surface area contributed by atoms with Gasteiger partial charge in [0.25, 0.3) is 5.91 Å². The summed E-state index contributed by atoms with van der Waals surface area (Å²) in [6.07, 6.45) is 6.57. The highest BCUT2D eigenvalue weighted by molar-refractivity contribution is 9.10. The van der Waals surface area contributed by atoms with Crippen molar-refractivity contribution in [3.8, 4) is 0 Å². The van der Waals surface area contributed by atoms with Crippen molar-refractivity contribution in [3.63, 3.8) is 0 Å². The number of hydrogen-bond donors (Lipinski definition) is 0. The summed E-state index contributed by atoms with van der Waals surface area (Å²) >= 11 is 3.42. The fourth-order valence-electron chi connectivity index (χ4n) is 7.82. The van der Waals surface area contributed by atoms with E-state index in [2.05, 4.69) is 15.9 Å². The standard InChI is InChI=1S/C29H31BrN2O3/c1-18(22-5-3-2-4-6-22)31(28(35)29-15-19-11-20(16-29)13-21(12-19)17-29)25-14-26(33)32(27(25)34)24-9-7-23(30)8-10-24/h2-10,18-21,25H,11-17H2,1H3. The van der Waals surface area contributed by atoms with Crippen LogP contribution < -0.4 is 4.90 Å². The van der Waals surface area contributed by atoms with E-state index < -0.39 is 6.04 Å². The van der Waals surface area contributed by atoms with Crippen molar-refractivity contribution in [2.24, 2.45) is 23.2 Å². The van der Waals surface area contributed by atoms with Crippen LogP contribution in [0.3, 0.4) is 0 Å². The van der Waals surface area contributed by atoms with Gasteiger partial charge in [-0.1, -0.05) is 46.3 Å². The summed E-state index contributed by atoms with van der Waals surface area (Å²) in [5, 5.41) is 0. The van der Waals surface area contributed by atoms with Crippen LogP contribution in [0.1, 0.15) is 63.5 Å². The first-order chi connectivity index (χ1) is 16.8. The molecule has 5 nitrogen and oxygen atoms in total. The molecule has 2 aromatic carbocycles. The van der Waals surface area contributed by atoms with Gasteiger partial charge in [0.15, 0.2) is 0 Å². The van der Waals surface area contributed by atoms with Crippen molar-refractivity contribution in [2.75, 3.05) is 4.90 Å². The van der Waals surface area contributed by atoms with Gasteiger partial charge in [-0.05, 0) is 93.0 Å². The Morgan fingerprint density at radius 1 is 0.943 bits per heavy atom. The molecule has 7 rings (SSSR count). The molecular formula is C29H31BrN2O3. The maximum absolute atomic E-state index is 14.6. The van der Waals surface area contributed by atoms with Gasteiger partial charge in [0, 0.05) is 4.47 Å². The lowest BCUT2D eigenvalue weighted by Gasteiger charge is -2.57. The zero-order chi connectivity index (χ0) is 24.3. The van der Waals surface area contributed by atoms with E-state index in [1.165, 1.54) is 24.2 Å². The van der Waals surface area contributed by atoms with Crippen LogP contribution in [0, 0.1) is 23.2 Å². The van der Waals surface area contributed by atoms with Crippen LogP contribution in [0.15, 0.2) is 59.1 Å². The van der Waals surface area contributed by atoms with Gasteiger partial charge < -0.3 is 4.90 Å². The number of hydrogen-bond acceptors (Lipinski definition) is 3. The van der Waals surface area contributed by atoms with Gasteiger partial charge in [0.2, 0.25) is 11.8 Å². The molecule has 3 amide bonds. The third-order valence-electron chi connectivity index (χ3n) is 8.97. The molecule has 1 heterocycles. The van der Waals surface area contributed by atoms with E-state index in [9.17, 15) is 14.4 Å². The predicted molar refractivity (Wildman–Crippen MR) is 137 cm³/mol. The molecule has 0 spiro atoms. The molecule has 5 fully saturated rings. The Hall–Kier alpha value is -2.47. The molecule has 4 bridgehead atoms. The molecule has 4 aliphatic carbocycles. The fraction of sp³-hybridized carbons (Fsp3) is 0.483. The van der Waals surface area contributed by atoms with Gasteiger partial charge in [-0.15, -0.1) is 0 Å². The first-order valence-electron chi connectivity index (χ1n) is 12.8. The van der Waals surface area contributed by atoms with Crippen LogP contribution in [-0.2, 0) is 14.4 Å². The van der Waals surface area contributed by atoms with Crippen molar-refractivity contribution in [3.05, 3.63) is 64.6 Å². The van der Waals surface area contributed by atoms with Gasteiger partial charge in [-0.2, -0.15) is 0 Å². The summed E-state index contributed by atoms with van der Waals surface area (Å²) in [6, 6.07) is 16.1. The van der Waals surface area contributed by atoms with E-state index in [0.29, 0.717) is 23.4 Å². The molecule has 1 saturated heterocycles. The first-order valence-corrected chi connectivity index (χ1v) is 13.6. The minimum atomic E-state index is -0.776. The highest BCUT2D eigenvalue weighted by Crippen LogP contribution is 2.61. The molecule has 2 atom stereocenters. The highest BCUT2D eigenvalue weighted by Gasteiger charge is 2.58. The number of carbonyl (C=O) groups is 3. The lowest BCUT2D eigenvalue weighted by Crippen LogP contribution is -2.58. The maximum atomic E-state index is 14.6. The Bertz CT molecular complexity index is 1130. The lowest BCUT2D eigenvalue weighted by molar-refractivity contribution is -0.164. The minimum absolute atomic E-state index is 0.0319. The third kappa shape index (κ3) is 3.85. The van der Waals surface area contributed by atoms with Crippen molar-refractivity contribution < 1.29 is 14.4 Å². The van der Waals surface area contributed by atoms with E-state index in [4.69, 9.17) is 0 Å². The maximum Gasteiger partial charge on any atom is 0.257 e. The average molecular weight is 535 g/mol. The Balaban J connectivity index is 1.38. The van der Waals surface area contributed by atoms with Crippen LogP contribution in [0.2, 0.25) is 0 Å². The molecule has 4 saturated carbocycles. The Morgan fingerprint density at radius 2 is 1.51 bits per heavy atom. The van der Waals surface area contributed by atoms with Crippen LogP contribution in [0.4, 0.5) is 5.69 Å². The summed E-state index contributed by atoms with van der Waals surface area (Å²) in [5.74, 6) is 1.43. The smallest absolute Gasteiger partial charge is 0.257 e. The Kier molecular flexibility index (Phi) is 5.63. The topological polar surface area (TPSA) is 57.7 Å². The molecular weight excluding hydrogens is 504 g/mol. The SMILES string of the molecule is CC(c1ccccc1)N(C(=O)C12CC3CC(CC(C3)C1)C2)C1CC(=O)N(c2ccc(Br)cc2)C1=O. The number of imide groups is 1. The first kappa shape index (κ1) is 23.0. The summed E-state index contributed by atoms with van der Waals surface area (Å²) in [6.45, 7) is 2.01. The lowest BCUT2D eigenvalue weighted by atomic mass is 9.49. The second kappa shape index (κ2) is 8.58. The Morgan fingerprint density at radius 3 is 2.09 bits per heavy atom. The van der Waals surface area contributed by atoms with Crippen molar-refractivity contribution in [2.45, 2.75) is 64.0 Å². The Labute approximate surface area is 215 Å². The number of rotatable bonds is 5. The number of carbonyl (C=O) groups excluding carboxylic acids is 3. The third-order valence-corrected chi connectivity index (χ3v) is 9.50. The van der Waals surface area contributed by atoms with E-state index in [1.54, 1.807) is 12.1 Å². The molecule has 182 valence electrons. The van der Waals surface area contributed by atoms with Crippen molar-refractivity contribution in [1.82, 2.24) is 4.90 Å². The number of benzene rings is 2. The number of anilines is 1. The predicted octanol–water partition coefficient (Wildman–Crippen LogP) is 5.89. The van der Waals surface area contributed by atoms with E-state index in [-0.39, 0.29) is 35.6 Å². The highest BCUT2D eigenvalue weighted by atomic mass is 79.9. The molecule has 2 unspecified atom stereocenters. The fourth-order valence-corrected chi connectivity index (χ4v) is 8.08. The molecule has 0 aromatic heterocycles. The summed E-state index contributed by atoms with van der Waals surface area (Å²) in [4.78, 5) is 44.6.